The molecule has 0 fully saturated rings. The number of hydrogen-bond acceptors (Lipinski definition) is 5. The van der Waals surface area contributed by atoms with E-state index >= 15 is 0 Å². The van der Waals surface area contributed by atoms with Crippen molar-refractivity contribution in [2.45, 2.75) is 0 Å². The monoisotopic (exact) mass is 325 g/mol. The number of rotatable bonds is 3. The highest BCUT2D eigenvalue weighted by Gasteiger charge is 2.11. The predicted molar refractivity (Wildman–Crippen MR) is 84.7 cm³/mol. The van der Waals surface area contributed by atoms with Crippen molar-refractivity contribution in [3.05, 3.63) is 65.2 Å². The molecule has 0 bridgehead atoms. The molecule has 23 heavy (non-hydrogen) atoms. The highest BCUT2D eigenvalue weighted by Crippen LogP contribution is 2.24. The Kier molecular flexibility index (Phi) is 4.13. The van der Waals surface area contributed by atoms with Gasteiger partial charge >= 0.3 is 0 Å². The summed E-state index contributed by atoms with van der Waals surface area (Å²) in [5.74, 6) is 0.0610. The van der Waals surface area contributed by atoms with E-state index in [4.69, 9.17) is 16.9 Å². The molecule has 3 rings (SSSR count). The van der Waals surface area contributed by atoms with E-state index in [1.165, 1.54) is 18.2 Å². The van der Waals surface area contributed by atoms with Gasteiger partial charge < -0.3 is 5.32 Å². The van der Waals surface area contributed by atoms with Crippen LogP contribution in [0.3, 0.4) is 0 Å². The van der Waals surface area contributed by atoms with Gasteiger partial charge in [-0.25, -0.2) is 14.4 Å². The van der Waals surface area contributed by atoms with Gasteiger partial charge in [0.2, 0.25) is 0 Å². The molecule has 0 amide bonds. The lowest BCUT2D eigenvalue weighted by molar-refractivity contribution is 0.624. The molecular formula is C16H9ClFN5. The topological polar surface area (TPSA) is 74.5 Å². The lowest BCUT2D eigenvalue weighted by Gasteiger charge is -2.09. The van der Waals surface area contributed by atoms with Crippen molar-refractivity contribution in [1.82, 2.24) is 15.0 Å². The number of nitrogens with zero attached hydrogens (tertiary/aromatic N) is 4. The van der Waals surface area contributed by atoms with Gasteiger partial charge in [-0.05, 0) is 24.3 Å². The lowest BCUT2D eigenvalue weighted by atomic mass is 10.2. The quantitative estimate of drug-likeness (QED) is 0.738. The highest BCUT2D eigenvalue weighted by atomic mass is 35.5. The van der Waals surface area contributed by atoms with Gasteiger partial charge in [0, 0.05) is 12.3 Å². The average molecular weight is 326 g/mol. The van der Waals surface area contributed by atoms with E-state index in [0.717, 1.165) is 0 Å². The standard InChI is InChI=1S/C16H9ClFN5/c17-14-8-15(21-12-6-3-4-11(18)10(12)9-19)23-16(22-14)13-5-1-2-7-20-13/h1-8H,(H,21,22,23). The zero-order valence-corrected chi connectivity index (χ0v) is 12.4. The third-order valence-corrected chi connectivity index (χ3v) is 3.17. The van der Waals surface area contributed by atoms with E-state index in [-0.39, 0.29) is 10.7 Å². The van der Waals surface area contributed by atoms with Crippen LogP contribution in [0.15, 0.2) is 48.7 Å². The lowest BCUT2D eigenvalue weighted by Crippen LogP contribution is -2.01. The number of hydrogen-bond donors (Lipinski definition) is 1. The molecular weight excluding hydrogens is 317 g/mol. The molecule has 0 radical (unpaired) electrons. The Morgan fingerprint density at radius 1 is 1.13 bits per heavy atom. The maximum atomic E-state index is 13.6. The molecule has 1 aromatic carbocycles. The van der Waals surface area contributed by atoms with E-state index in [1.807, 2.05) is 6.07 Å². The second-order valence-electron chi connectivity index (χ2n) is 4.51. The summed E-state index contributed by atoms with van der Waals surface area (Å²) in [4.78, 5) is 12.6. The van der Waals surface area contributed by atoms with Gasteiger partial charge in [0.1, 0.15) is 34.1 Å². The van der Waals surface area contributed by atoms with Crippen molar-refractivity contribution in [1.29, 1.82) is 5.26 Å². The second kappa shape index (κ2) is 6.38. The Morgan fingerprint density at radius 3 is 2.74 bits per heavy atom. The van der Waals surface area contributed by atoms with Crippen molar-refractivity contribution in [2.75, 3.05) is 5.32 Å². The van der Waals surface area contributed by atoms with Crippen LogP contribution in [0.2, 0.25) is 5.15 Å². The van der Waals surface area contributed by atoms with Gasteiger partial charge in [-0.2, -0.15) is 5.26 Å². The van der Waals surface area contributed by atoms with E-state index < -0.39 is 5.82 Å². The van der Waals surface area contributed by atoms with Gasteiger partial charge in [-0.15, -0.1) is 0 Å². The average Bonchev–Trinajstić information content (AvgIpc) is 2.55. The summed E-state index contributed by atoms with van der Waals surface area (Å²) in [6, 6.07) is 12.9. The molecule has 0 aliphatic rings. The fourth-order valence-electron chi connectivity index (χ4n) is 1.97. The molecule has 3 aromatic rings. The summed E-state index contributed by atoms with van der Waals surface area (Å²) in [6.45, 7) is 0. The van der Waals surface area contributed by atoms with Crippen LogP contribution in [0.1, 0.15) is 5.56 Å². The Bertz CT molecular complexity index is 893. The molecule has 0 aliphatic heterocycles. The van der Waals surface area contributed by atoms with Crippen molar-refractivity contribution in [3.63, 3.8) is 0 Å². The maximum absolute atomic E-state index is 13.6. The summed E-state index contributed by atoms with van der Waals surface area (Å²) >= 11 is 6.01. The number of aromatic nitrogens is 3. The van der Waals surface area contributed by atoms with Crippen LogP contribution < -0.4 is 5.32 Å². The molecule has 0 spiro atoms. The van der Waals surface area contributed by atoms with Crippen LogP contribution in [0.5, 0.6) is 0 Å². The SMILES string of the molecule is N#Cc1c(F)cccc1Nc1cc(Cl)nc(-c2ccccn2)n1. The van der Waals surface area contributed by atoms with Crippen LogP contribution in [0, 0.1) is 17.1 Å². The number of pyridine rings is 1. The summed E-state index contributed by atoms with van der Waals surface area (Å²) < 4.78 is 13.6. The Morgan fingerprint density at radius 2 is 2.00 bits per heavy atom. The minimum absolute atomic E-state index is 0.0957. The van der Waals surface area contributed by atoms with E-state index in [2.05, 4.69) is 20.3 Å². The predicted octanol–water partition coefficient (Wildman–Crippen LogP) is 3.95. The first-order valence-corrected chi connectivity index (χ1v) is 6.97. The molecule has 5 nitrogen and oxygen atoms in total. The van der Waals surface area contributed by atoms with Crippen molar-refractivity contribution in [3.8, 4) is 17.6 Å². The highest BCUT2D eigenvalue weighted by molar-refractivity contribution is 6.29. The van der Waals surface area contributed by atoms with Gasteiger partial charge in [-0.3, -0.25) is 4.98 Å². The number of nitrogens with one attached hydrogen (secondary N) is 1. The van der Waals surface area contributed by atoms with Crippen LogP contribution in [0.25, 0.3) is 11.5 Å². The molecule has 2 aromatic heterocycles. The first-order valence-electron chi connectivity index (χ1n) is 6.59. The van der Waals surface area contributed by atoms with Gasteiger partial charge in [0.05, 0.1) is 5.69 Å². The van der Waals surface area contributed by atoms with Gasteiger partial charge in [0.25, 0.3) is 0 Å². The zero-order chi connectivity index (χ0) is 16.2. The Labute approximate surface area is 136 Å². The van der Waals surface area contributed by atoms with Crippen molar-refractivity contribution in [2.24, 2.45) is 0 Å². The number of benzene rings is 1. The maximum Gasteiger partial charge on any atom is 0.181 e. The summed E-state index contributed by atoms with van der Waals surface area (Å²) in [7, 11) is 0. The van der Waals surface area contributed by atoms with Crippen LogP contribution in [-0.2, 0) is 0 Å². The first kappa shape index (κ1) is 14.9. The molecule has 0 atom stereocenters. The number of anilines is 2. The fourth-order valence-corrected chi connectivity index (χ4v) is 2.15. The molecule has 2 heterocycles. The molecule has 0 unspecified atom stereocenters. The Balaban J connectivity index is 2.01. The molecule has 1 N–H and O–H groups in total. The first-order chi connectivity index (χ1) is 11.2. The molecule has 0 saturated heterocycles. The summed E-state index contributed by atoms with van der Waals surface area (Å²) in [5, 5.41) is 12.2. The van der Waals surface area contributed by atoms with Crippen molar-refractivity contribution < 1.29 is 4.39 Å². The third kappa shape index (κ3) is 3.25. The zero-order valence-electron chi connectivity index (χ0n) is 11.7. The number of halogens is 2. The van der Waals surface area contributed by atoms with E-state index in [0.29, 0.717) is 23.0 Å². The normalized spacial score (nSPS) is 10.1. The minimum atomic E-state index is -0.609. The largest absolute Gasteiger partial charge is 0.339 e. The Hall–Kier alpha value is -3.04. The van der Waals surface area contributed by atoms with Crippen molar-refractivity contribution >= 4 is 23.1 Å². The molecule has 7 heteroatoms. The number of nitriles is 1. The molecule has 0 aliphatic carbocycles. The minimum Gasteiger partial charge on any atom is -0.339 e. The van der Waals surface area contributed by atoms with Gasteiger partial charge in [0.15, 0.2) is 5.82 Å². The van der Waals surface area contributed by atoms with Gasteiger partial charge in [-0.1, -0.05) is 23.7 Å². The van der Waals surface area contributed by atoms with Crippen LogP contribution in [-0.4, -0.2) is 15.0 Å². The van der Waals surface area contributed by atoms with Crippen LogP contribution in [0.4, 0.5) is 15.9 Å². The molecule has 0 saturated carbocycles. The molecule has 112 valence electrons. The van der Waals surface area contributed by atoms with Crippen LogP contribution >= 0.6 is 11.6 Å². The second-order valence-corrected chi connectivity index (χ2v) is 4.90. The summed E-state index contributed by atoms with van der Waals surface area (Å²) in [6.07, 6.45) is 1.62. The third-order valence-electron chi connectivity index (χ3n) is 2.98. The van der Waals surface area contributed by atoms with E-state index in [9.17, 15) is 4.39 Å². The summed E-state index contributed by atoms with van der Waals surface area (Å²) in [5.41, 5.74) is 0.758. The smallest absolute Gasteiger partial charge is 0.181 e. The van der Waals surface area contributed by atoms with E-state index in [1.54, 1.807) is 30.5 Å². The fraction of sp³-hybridized carbons (Fsp3) is 0.